The number of amides is 1. The van der Waals surface area contributed by atoms with Crippen LogP contribution in [-0.4, -0.2) is 20.6 Å². The van der Waals surface area contributed by atoms with E-state index in [-0.39, 0.29) is 0 Å². The van der Waals surface area contributed by atoms with Crippen LogP contribution < -0.4 is 5.32 Å². The fourth-order valence-corrected chi connectivity index (χ4v) is 2.33. The monoisotopic (exact) mass is 297 g/mol. The van der Waals surface area contributed by atoms with E-state index in [0.29, 0.717) is 17.1 Å². The molecule has 100 valence electrons. The molecule has 1 aromatic heterocycles. The standard InChI is InChI=1S/C12H12ClN3O2S/c1-7-10(19-16-15-7)6-14-12(18)11(17)8-4-2-3-5-9(8)13/h2-5,11,17H,6H2,1H3,(H,14,18)/t11-/m0/s1. The van der Waals surface area contributed by atoms with Gasteiger partial charge in [-0.3, -0.25) is 4.79 Å². The maximum absolute atomic E-state index is 11.8. The molecule has 1 amide bonds. The van der Waals surface area contributed by atoms with E-state index in [9.17, 15) is 9.90 Å². The number of aromatic nitrogens is 2. The van der Waals surface area contributed by atoms with Crippen molar-refractivity contribution in [3.8, 4) is 0 Å². The number of nitrogens with zero attached hydrogens (tertiary/aromatic N) is 2. The predicted molar refractivity (Wildman–Crippen MR) is 72.9 cm³/mol. The Kier molecular flexibility index (Phi) is 4.47. The van der Waals surface area contributed by atoms with Gasteiger partial charge in [-0.15, -0.1) is 5.10 Å². The highest BCUT2D eigenvalue weighted by atomic mass is 35.5. The van der Waals surface area contributed by atoms with Crippen LogP contribution in [0, 0.1) is 6.92 Å². The zero-order valence-corrected chi connectivity index (χ0v) is 11.7. The molecule has 1 heterocycles. The Hall–Kier alpha value is -1.50. The lowest BCUT2D eigenvalue weighted by molar-refractivity contribution is -0.129. The van der Waals surface area contributed by atoms with Crippen LogP contribution in [0.2, 0.25) is 5.02 Å². The number of aliphatic hydroxyl groups excluding tert-OH is 1. The molecule has 0 saturated heterocycles. The van der Waals surface area contributed by atoms with Crippen molar-refractivity contribution in [1.82, 2.24) is 14.9 Å². The van der Waals surface area contributed by atoms with Crippen LogP contribution in [0.3, 0.4) is 0 Å². The SMILES string of the molecule is Cc1nnsc1CNC(=O)[C@@H](O)c1ccccc1Cl. The molecule has 5 nitrogen and oxygen atoms in total. The third-order valence-corrected chi connectivity index (χ3v) is 3.78. The van der Waals surface area contributed by atoms with E-state index in [4.69, 9.17) is 11.6 Å². The average molecular weight is 298 g/mol. The quantitative estimate of drug-likeness (QED) is 0.903. The number of nitrogens with one attached hydrogen (secondary N) is 1. The minimum absolute atomic E-state index is 0.295. The van der Waals surface area contributed by atoms with E-state index in [1.54, 1.807) is 24.3 Å². The molecular weight excluding hydrogens is 286 g/mol. The molecule has 0 aliphatic carbocycles. The van der Waals surface area contributed by atoms with Gasteiger partial charge in [0.05, 0.1) is 17.1 Å². The molecule has 19 heavy (non-hydrogen) atoms. The second-order valence-corrected chi connectivity index (χ2v) is 5.17. The van der Waals surface area contributed by atoms with Gasteiger partial charge in [-0.05, 0) is 24.5 Å². The minimum atomic E-state index is -1.28. The molecule has 0 aliphatic heterocycles. The van der Waals surface area contributed by atoms with Crippen LogP contribution in [0.1, 0.15) is 22.2 Å². The van der Waals surface area contributed by atoms with Crippen molar-refractivity contribution in [2.45, 2.75) is 19.6 Å². The number of carbonyl (C=O) groups excluding carboxylic acids is 1. The highest BCUT2D eigenvalue weighted by Gasteiger charge is 2.19. The molecule has 1 atom stereocenters. The summed E-state index contributed by atoms with van der Waals surface area (Å²) in [6, 6.07) is 6.70. The van der Waals surface area contributed by atoms with Crippen LogP contribution in [0.5, 0.6) is 0 Å². The van der Waals surface area contributed by atoms with Gasteiger partial charge in [0.2, 0.25) is 0 Å². The normalized spacial score (nSPS) is 12.2. The molecule has 0 saturated carbocycles. The Morgan fingerprint density at radius 3 is 2.89 bits per heavy atom. The number of aliphatic hydroxyl groups is 1. The van der Waals surface area contributed by atoms with Crippen molar-refractivity contribution in [2.24, 2.45) is 0 Å². The Morgan fingerprint density at radius 2 is 2.26 bits per heavy atom. The van der Waals surface area contributed by atoms with Gasteiger partial charge < -0.3 is 10.4 Å². The lowest BCUT2D eigenvalue weighted by atomic mass is 10.1. The van der Waals surface area contributed by atoms with Crippen LogP contribution in [0.15, 0.2) is 24.3 Å². The summed E-state index contributed by atoms with van der Waals surface area (Å²) in [4.78, 5) is 12.7. The van der Waals surface area contributed by atoms with Gasteiger partial charge in [-0.25, -0.2) is 0 Å². The van der Waals surface area contributed by atoms with Crippen LogP contribution in [-0.2, 0) is 11.3 Å². The third kappa shape index (κ3) is 3.28. The summed E-state index contributed by atoms with van der Waals surface area (Å²) in [6.07, 6.45) is -1.28. The molecule has 0 spiro atoms. The number of rotatable bonds is 4. The molecular formula is C12H12ClN3O2S. The number of aryl methyl sites for hydroxylation is 1. The number of hydrogen-bond donors (Lipinski definition) is 2. The smallest absolute Gasteiger partial charge is 0.253 e. The van der Waals surface area contributed by atoms with Crippen LogP contribution in [0.25, 0.3) is 0 Å². The van der Waals surface area contributed by atoms with Gasteiger partial charge >= 0.3 is 0 Å². The first-order valence-corrected chi connectivity index (χ1v) is 6.72. The lowest BCUT2D eigenvalue weighted by Crippen LogP contribution is -2.28. The second kappa shape index (κ2) is 6.10. The van der Waals surface area contributed by atoms with Gasteiger partial charge in [0.1, 0.15) is 0 Å². The predicted octanol–water partition coefficient (Wildman–Crippen LogP) is 1.85. The maximum Gasteiger partial charge on any atom is 0.253 e. The first-order valence-electron chi connectivity index (χ1n) is 5.57. The largest absolute Gasteiger partial charge is 0.378 e. The maximum atomic E-state index is 11.8. The summed E-state index contributed by atoms with van der Waals surface area (Å²) in [7, 11) is 0. The number of benzene rings is 1. The van der Waals surface area contributed by atoms with E-state index in [1.165, 1.54) is 11.5 Å². The average Bonchev–Trinajstić information content (AvgIpc) is 2.81. The highest BCUT2D eigenvalue weighted by molar-refractivity contribution is 7.05. The summed E-state index contributed by atoms with van der Waals surface area (Å²) >= 11 is 7.15. The van der Waals surface area contributed by atoms with E-state index >= 15 is 0 Å². The summed E-state index contributed by atoms with van der Waals surface area (Å²) in [5, 5.41) is 16.8. The molecule has 2 aromatic rings. The van der Waals surface area contributed by atoms with Crippen molar-refractivity contribution >= 4 is 29.0 Å². The fourth-order valence-electron chi connectivity index (χ4n) is 1.52. The number of hydrogen-bond acceptors (Lipinski definition) is 5. The summed E-state index contributed by atoms with van der Waals surface area (Å²) in [6.45, 7) is 2.11. The minimum Gasteiger partial charge on any atom is -0.378 e. The Balaban J connectivity index is 2.01. The summed E-state index contributed by atoms with van der Waals surface area (Å²) in [5.41, 5.74) is 1.17. The summed E-state index contributed by atoms with van der Waals surface area (Å²) < 4.78 is 3.77. The highest BCUT2D eigenvalue weighted by Crippen LogP contribution is 2.22. The summed E-state index contributed by atoms with van der Waals surface area (Å²) in [5.74, 6) is -0.499. The third-order valence-electron chi connectivity index (χ3n) is 2.62. The van der Waals surface area contributed by atoms with Crippen molar-refractivity contribution in [2.75, 3.05) is 0 Å². The van der Waals surface area contributed by atoms with Gasteiger partial charge in [0, 0.05) is 10.6 Å². The molecule has 0 radical (unpaired) electrons. The zero-order chi connectivity index (χ0) is 13.8. The fraction of sp³-hybridized carbons (Fsp3) is 0.250. The van der Waals surface area contributed by atoms with Crippen LogP contribution in [0.4, 0.5) is 0 Å². The van der Waals surface area contributed by atoms with E-state index in [2.05, 4.69) is 14.9 Å². The Bertz CT molecular complexity index is 588. The topological polar surface area (TPSA) is 75.1 Å². The first-order chi connectivity index (χ1) is 9.09. The van der Waals surface area contributed by atoms with Crippen molar-refractivity contribution in [3.05, 3.63) is 45.4 Å². The van der Waals surface area contributed by atoms with Gasteiger partial charge in [0.25, 0.3) is 5.91 Å². The zero-order valence-electron chi connectivity index (χ0n) is 10.1. The van der Waals surface area contributed by atoms with Crippen molar-refractivity contribution in [3.63, 3.8) is 0 Å². The molecule has 2 rings (SSSR count). The van der Waals surface area contributed by atoms with Crippen molar-refractivity contribution < 1.29 is 9.90 Å². The van der Waals surface area contributed by atoms with Gasteiger partial charge in [0.15, 0.2) is 6.10 Å². The molecule has 2 N–H and O–H groups in total. The molecule has 1 aromatic carbocycles. The van der Waals surface area contributed by atoms with Gasteiger partial charge in [-0.1, -0.05) is 34.3 Å². The molecule has 0 unspecified atom stereocenters. The Morgan fingerprint density at radius 1 is 1.53 bits per heavy atom. The van der Waals surface area contributed by atoms with E-state index in [1.807, 2.05) is 6.92 Å². The lowest BCUT2D eigenvalue weighted by Gasteiger charge is -2.12. The van der Waals surface area contributed by atoms with Gasteiger partial charge in [-0.2, -0.15) is 0 Å². The molecule has 0 fully saturated rings. The molecule has 7 heteroatoms. The molecule has 0 aliphatic rings. The van der Waals surface area contributed by atoms with E-state index in [0.717, 1.165) is 10.6 Å². The van der Waals surface area contributed by atoms with E-state index < -0.39 is 12.0 Å². The Labute approximate surface area is 119 Å². The number of carbonyl (C=O) groups is 1. The first kappa shape index (κ1) is 13.9. The second-order valence-electron chi connectivity index (χ2n) is 3.92. The number of halogens is 1. The van der Waals surface area contributed by atoms with Crippen molar-refractivity contribution in [1.29, 1.82) is 0 Å². The van der Waals surface area contributed by atoms with Crippen LogP contribution >= 0.6 is 23.1 Å². The molecule has 0 bridgehead atoms.